The number of carbonyl (C=O) groups is 2. The van der Waals surface area contributed by atoms with E-state index in [-0.39, 0.29) is 27.8 Å². The maximum atomic E-state index is 13.1. The molecule has 3 rings (SSSR count). The van der Waals surface area contributed by atoms with Crippen LogP contribution in [0.3, 0.4) is 0 Å². The lowest BCUT2D eigenvalue weighted by Crippen LogP contribution is -2.53. The molecule has 0 unspecified atom stereocenters. The highest BCUT2D eigenvalue weighted by Crippen LogP contribution is 2.44. The Morgan fingerprint density at radius 2 is 1.75 bits per heavy atom. The first-order chi connectivity index (χ1) is 13.1. The van der Waals surface area contributed by atoms with E-state index in [4.69, 9.17) is 0 Å². The van der Waals surface area contributed by atoms with Crippen molar-refractivity contribution in [3.8, 4) is 0 Å². The molecule has 8 heteroatoms. The molecule has 1 aromatic rings. The number of nitro groups is 1. The molecular weight excluding hydrogens is 378 g/mol. The second kappa shape index (κ2) is 7.73. The van der Waals surface area contributed by atoms with Gasteiger partial charge in [-0.3, -0.25) is 19.7 Å². The van der Waals surface area contributed by atoms with E-state index in [1.807, 2.05) is 9.80 Å². The average molecular weight is 406 g/mol. The maximum absolute atomic E-state index is 13.1. The second-order valence-electron chi connectivity index (χ2n) is 8.67. The van der Waals surface area contributed by atoms with Crippen molar-refractivity contribution in [2.45, 2.75) is 44.9 Å². The lowest BCUT2D eigenvalue weighted by Gasteiger charge is -2.44. The number of carbonyl (C=O) groups excluding carboxylic acids is 2. The summed E-state index contributed by atoms with van der Waals surface area (Å²) in [5.41, 5.74) is 0.415. The van der Waals surface area contributed by atoms with Crippen molar-refractivity contribution in [1.29, 1.82) is 0 Å². The predicted molar refractivity (Wildman–Crippen MR) is 109 cm³/mol. The monoisotopic (exact) mass is 405 g/mol. The summed E-state index contributed by atoms with van der Waals surface area (Å²) in [6, 6.07) is 5.80. The molecule has 2 saturated heterocycles. The lowest BCUT2D eigenvalue weighted by molar-refractivity contribution is -0.384. The van der Waals surface area contributed by atoms with Gasteiger partial charge in [-0.15, -0.1) is 11.8 Å². The second-order valence-corrected chi connectivity index (χ2v) is 10.1. The zero-order chi connectivity index (χ0) is 20.5. The van der Waals surface area contributed by atoms with Crippen LogP contribution in [0.25, 0.3) is 0 Å². The SMILES string of the molecule is CC(C)(C)CC(=O)N1CCC2(CC1)SCCN2C(=O)c1ccc([N+](=O)[O-])cc1. The van der Waals surface area contributed by atoms with Crippen LogP contribution in [0.15, 0.2) is 24.3 Å². The smallest absolute Gasteiger partial charge is 0.269 e. The fourth-order valence-corrected chi connectivity index (χ4v) is 5.32. The van der Waals surface area contributed by atoms with Gasteiger partial charge in [0.15, 0.2) is 0 Å². The van der Waals surface area contributed by atoms with Crippen molar-refractivity contribution in [3.05, 3.63) is 39.9 Å². The first kappa shape index (κ1) is 20.6. The Bertz CT molecular complexity index is 765. The minimum absolute atomic E-state index is 0.0206. The zero-order valence-corrected chi connectivity index (χ0v) is 17.5. The van der Waals surface area contributed by atoms with Gasteiger partial charge in [0.2, 0.25) is 5.91 Å². The molecule has 2 amide bonds. The van der Waals surface area contributed by atoms with Crippen molar-refractivity contribution < 1.29 is 14.5 Å². The van der Waals surface area contributed by atoms with Crippen molar-refractivity contribution in [1.82, 2.24) is 9.80 Å². The molecule has 2 aliphatic rings. The molecule has 0 aliphatic carbocycles. The first-order valence-corrected chi connectivity index (χ1v) is 10.6. The van der Waals surface area contributed by atoms with Gasteiger partial charge in [-0.1, -0.05) is 20.8 Å². The number of likely N-dealkylation sites (tertiary alicyclic amines) is 1. The van der Waals surface area contributed by atoms with Crippen LogP contribution in [0.2, 0.25) is 0 Å². The van der Waals surface area contributed by atoms with Crippen molar-refractivity contribution in [2.24, 2.45) is 5.41 Å². The first-order valence-electron chi connectivity index (χ1n) is 9.59. The molecule has 28 heavy (non-hydrogen) atoms. The van der Waals surface area contributed by atoms with Gasteiger partial charge in [-0.05, 0) is 30.4 Å². The minimum Gasteiger partial charge on any atom is -0.342 e. The maximum Gasteiger partial charge on any atom is 0.269 e. The molecule has 2 aliphatic heterocycles. The molecule has 0 bridgehead atoms. The van der Waals surface area contributed by atoms with E-state index < -0.39 is 4.92 Å². The highest BCUT2D eigenvalue weighted by molar-refractivity contribution is 8.00. The minimum atomic E-state index is -0.466. The highest BCUT2D eigenvalue weighted by Gasteiger charge is 2.47. The molecular formula is C20H27N3O4S. The van der Waals surface area contributed by atoms with Gasteiger partial charge in [0.1, 0.15) is 0 Å². The third-order valence-corrected chi connectivity index (χ3v) is 6.88. The van der Waals surface area contributed by atoms with Crippen LogP contribution in [-0.2, 0) is 4.79 Å². The van der Waals surface area contributed by atoms with Gasteiger partial charge in [0.25, 0.3) is 11.6 Å². The molecule has 7 nitrogen and oxygen atoms in total. The number of non-ortho nitro benzene ring substituents is 1. The predicted octanol–water partition coefficient (Wildman–Crippen LogP) is 3.54. The Labute approximate surface area is 169 Å². The summed E-state index contributed by atoms with van der Waals surface area (Å²) in [7, 11) is 0. The van der Waals surface area contributed by atoms with Gasteiger partial charge in [0.05, 0.1) is 9.79 Å². The topological polar surface area (TPSA) is 83.8 Å². The summed E-state index contributed by atoms with van der Waals surface area (Å²) < 4.78 is 0. The number of amides is 2. The Kier molecular flexibility index (Phi) is 5.70. The number of benzene rings is 1. The van der Waals surface area contributed by atoms with Crippen LogP contribution in [0.1, 0.15) is 50.4 Å². The van der Waals surface area contributed by atoms with Crippen LogP contribution in [0.5, 0.6) is 0 Å². The van der Waals surface area contributed by atoms with Gasteiger partial charge in [-0.25, -0.2) is 0 Å². The van der Waals surface area contributed by atoms with E-state index in [9.17, 15) is 19.7 Å². The van der Waals surface area contributed by atoms with Crippen LogP contribution < -0.4 is 0 Å². The fraction of sp³-hybridized carbons (Fsp3) is 0.600. The van der Waals surface area contributed by atoms with Crippen molar-refractivity contribution in [2.75, 3.05) is 25.4 Å². The van der Waals surface area contributed by atoms with Gasteiger partial charge in [0, 0.05) is 49.5 Å². The molecule has 0 radical (unpaired) electrons. The summed E-state index contributed by atoms with van der Waals surface area (Å²) in [5, 5.41) is 10.8. The normalized spacial score (nSPS) is 19.1. The number of hydrogen-bond acceptors (Lipinski definition) is 5. The summed E-state index contributed by atoms with van der Waals surface area (Å²) in [4.78, 5) is 39.5. The molecule has 0 aromatic heterocycles. The molecule has 1 aromatic carbocycles. The van der Waals surface area contributed by atoms with Crippen LogP contribution in [-0.4, -0.2) is 56.8 Å². The van der Waals surface area contributed by atoms with E-state index >= 15 is 0 Å². The van der Waals surface area contributed by atoms with E-state index in [1.54, 1.807) is 11.8 Å². The summed E-state index contributed by atoms with van der Waals surface area (Å²) >= 11 is 1.79. The Morgan fingerprint density at radius 3 is 2.29 bits per heavy atom. The molecule has 2 heterocycles. The van der Waals surface area contributed by atoms with Gasteiger partial charge >= 0.3 is 0 Å². The van der Waals surface area contributed by atoms with E-state index in [0.717, 1.165) is 18.6 Å². The van der Waals surface area contributed by atoms with Crippen LogP contribution in [0, 0.1) is 15.5 Å². The summed E-state index contributed by atoms with van der Waals surface area (Å²) in [6.45, 7) is 8.17. The zero-order valence-electron chi connectivity index (χ0n) is 16.6. The molecule has 0 saturated carbocycles. The van der Waals surface area contributed by atoms with E-state index in [2.05, 4.69) is 20.8 Å². The molecule has 1 spiro atoms. The van der Waals surface area contributed by atoms with Crippen LogP contribution in [0.4, 0.5) is 5.69 Å². The van der Waals surface area contributed by atoms with Gasteiger partial charge in [-0.2, -0.15) is 0 Å². The molecule has 0 N–H and O–H groups in total. The lowest BCUT2D eigenvalue weighted by atomic mass is 9.91. The number of piperidine rings is 1. The number of thioether (sulfide) groups is 1. The molecule has 0 atom stereocenters. The van der Waals surface area contributed by atoms with Crippen LogP contribution >= 0.6 is 11.8 Å². The van der Waals surface area contributed by atoms with E-state index in [0.29, 0.717) is 31.6 Å². The Morgan fingerprint density at radius 1 is 1.14 bits per heavy atom. The Hall–Kier alpha value is -2.09. The van der Waals surface area contributed by atoms with Crippen molar-refractivity contribution >= 4 is 29.3 Å². The third kappa shape index (κ3) is 4.32. The quantitative estimate of drug-likeness (QED) is 0.567. The largest absolute Gasteiger partial charge is 0.342 e. The fourth-order valence-electron chi connectivity index (χ4n) is 3.86. The average Bonchev–Trinajstić information content (AvgIpc) is 3.03. The number of nitrogens with zero attached hydrogens (tertiary/aromatic N) is 3. The standard InChI is InChI=1S/C20H27N3O4S/c1-19(2,3)14-17(24)21-10-8-20(9-11-21)22(12-13-28-20)18(25)15-4-6-16(7-5-15)23(26)27/h4-7H,8-14H2,1-3H3. The molecule has 152 valence electrons. The Balaban J connectivity index is 1.68. The number of nitro benzene ring substituents is 1. The summed E-state index contributed by atoms with van der Waals surface area (Å²) in [6.07, 6.45) is 2.04. The number of hydrogen-bond donors (Lipinski definition) is 0. The van der Waals surface area contributed by atoms with E-state index in [1.165, 1.54) is 24.3 Å². The van der Waals surface area contributed by atoms with Gasteiger partial charge < -0.3 is 9.80 Å². The summed E-state index contributed by atoms with van der Waals surface area (Å²) in [5.74, 6) is 0.960. The highest BCUT2D eigenvalue weighted by atomic mass is 32.2. The third-order valence-electron chi connectivity index (χ3n) is 5.33. The van der Waals surface area contributed by atoms with Crippen molar-refractivity contribution in [3.63, 3.8) is 0 Å². The number of rotatable bonds is 3. The molecule has 2 fully saturated rings.